The molecule has 1 aromatic heterocycles. The highest BCUT2D eigenvalue weighted by atomic mass is 35.5. The van der Waals surface area contributed by atoms with Crippen LogP contribution in [-0.2, 0) is 21.5 Å². The van der Waals surface area contributed by atoms with Gasteiger partial charge < -0.3 is 20.1 Å². The third kappa shape index (κ3) is 5.91. The minimum Gasteiger partial charge on any atom is -0.343 e. The zero-order valence-corrected chi connectivity index (χ0v) is 17.5. The standard InChI is InChI=1S/C19H31N5O3.ClH/c1-15(25)22-19(9-4-2-3-5-10-19)18-21-16(27-23-18)7-8-17(26)24-13-6-11-20-12-14-24;/h20H,2-14H2,1H3,(H,22,25);1H. The second-order valence-electron chi connectivity index (χ2n) is 7.67. The molecule has 9 heteroatoms. The van der Waals surface area contributed by atoms with E-state index in [2.05, 4.69) is 20.8 Å². The average Bonchev–Trinajstić information content (AvgIpc) is 2.84. The molecule has 1 aliphatic heterocycles. The van der Waals surface area contributed by atoms with Crippen molar-refractivity contribution >= 4 is 24.2 Å². The third-order valence-electron chi connectivity index (χ3n) is 5.51. The van der Waals surface area contributed by atoms with E-state index in [1.165, 1.54) is 6.92 Å². The maximum Gasteiger partial charge on any atom is 0.227 e. The summed E-state index contributed by atoms with van der Waals surface area (Å²) < 4.78 is 5.43. The molecule has 0 atom stereocenters. The van der Waals surface area contributed by atoms with Crippen molar-refractivity contribution in [2.24, 2.45) is 0 Å². The molecule has 8 nitrogen and oxygen atoms in total. The summed E-state index contributed by atoms with van der Waals surface area (Å²) in [6.07, 6.45) is 7.82. The molecule has 1 saturated carbocycles. The lowest BCUT2D eigenvalue weighted by Crippen LogP contribution is -2.45. The first-order chi connectivity index (χ1) is 13.1. The Hall–Kier alpha value is -1.67. The molecular weight excluding hydrogens is 382 g/mol. The fraction of sp³-hybridized carbons (Fsp3) is 0.789. The second-order valence-corrected chi connectivity index (χ2v) is 7.67. The zero-order valence-electron chi connectivity index (χ0n) is 16.7. The Bertz CT molecular complexity index is 635. The quantitative estimate of drug-likeness (QED) is 0.715. The first-order valence-corrected chi connectivity index (χ1v) is 10.2. The lowest BCUT2D eigenvalue weighted by atomic mass is 9.89. The van der Waals surface area contributed by atoms with Gasteiger partial charge in [0, 0.05) is 39.4 Å². The van der Waals surface area contributed by atoms with Gasteiger partial charge in [0.2, 0.25) is 17.7 Å². The second kappa shape index (κ2) is 10.8. The van der Waals surface area contributed by atoms with Gasteiger partial charge in [-0.15, -0.1) is 12.4 Å². The molecular formula is C19H32ClN5O3. The summed E-state index contributed by atoms with van der Waals surface area (Å²) in [6, 6.07) is 0. The molecule has 3 rings (SSSR count). The SMILES string of the molecule is CC(=O)NC1(c2noc(CCC(=O)N3CCCNCC3)n2)CCCCCC1.Cl. The Morgan fingerprint density at radius 2 is 1.89 bits per heavy atom. The first-order valence-electron chi connectivity index (χ1n) is 10.2. The van der Waals surface area contributed by atoms with Crippen LogP contribution in [0, 0.1) is 0 Å². The Labute approximate surface area is 172 Å². The van der Waals surface area contributed by atoms with Crippen LogP contribution in [0.5, 0.6) is 0 Å². The van der Waals surface area contributed by atoms with Crippen molar-refractivity contribution in [1.29, 1.82) is 0 Å². The molecule has 158 valence electrons. The normalized spacial score (nSPS) is 19.8. The Kier molecular flexibility index (Phi) is 8.69. The Morgan fingerprint density at radius 3 is 2.61 bits per heavy atom. The van der Waals surface area contributed by atoms with Gasteiger partial charge in [0.05, 0.1) is 0 Å². The van der Waals surface area contributed by atoms with Gasteiger partial charge in [-0.25, -0.2) is 0 Å². The van der Waals surface area contributed by atoms with Crippen molar-refractivity contribution in [3.8, 4) is 0 Å². The van der Waals surface area contributed by atoms with E-state index in [4.69, 9.17) is 4.52 Å². The highest BCUT2D eigenvalue weighted by molar-refractivity contribution is 5.85. The summed E-state index contributed by atoms with van der Waals surface area (Å²) in [7, 11) is 0. The van der Waals surface area contributed by atoms with Crippen LogP contribution in [0.1, 0.15) is 70.0 Å². The van der Waals surface area contributed by atoms with Crippen LogP contribution in [0.3, 0.4) is 0 Å². The van der Waals surface area contributed by atoms with E-state index < -0.39 is 5.54 Å². The van der Waals surface area contributed by atoms with Crippen LogP contribution in [0.4, 0.5) is 0 Å². The summed E-state index contributed by atoms with van der Waals surface area (Å²) in [5, 5.41) is 10.6. The molecule has 1 aliphatic carbocycles. The molecule has 2 N–H and O–H groups in total. The molecule has 2 aliphatic rings. The topological polar surface area (TPSA) is 100 Å². The minimum absolute atomic E-state index is 0. The number of nitrogens with zero attached hydrogens (tertiary/aromatic N) is 3. The molecule has 1 saturated heterocycles. The predicted molar refractivity (Wildman–Crippen MR) is 107 cm³/mol. The van der Waals surface area contributed by atoms with Gasteiger partial charge in [-0.05, 0) is 25.8 Å². The summed E-state index contributed by atoms with van der Waals surface area (Å²) >= 11 is 0. The number of carbonyl (C=O) groups excluding carboxylic acids is 2. The van der Waals surface area contributed by atoms with E-state index in [0.717, 1.165) is 71.1 Å². The number of aryl methyl sites for hydroxylation is 1. The molecule has 2 heterocycles. The molecule has 0 unspecified atom stereocenters. The lowest BCUT2D eigenvalue weighted by molar-refractivity contribution is -0.131. The van der Waals surface area contributed by atoms with E-state index in [-0.39, 0.29) is 24.2 Å². The number of aromatic nitrogens is 2. The highest BCUT2D eigenvalue weighted by Crippen LogP contribution is 2.34. The summed E-state index contributed by atoms with van der Waals surface area (Å²) in [6.45, 7) is 4.88. The highest BCUT2D eigenvalue weighted by Gasteiger charge is 2.38. The maximum atomic E-state index is 12.4. The van der Waals surface area contributed by atoms with Gasteiger partial charge in [0.15, 0.2) is 5.82 Å². The van der Waals surface area contributed by atoms with Gasteiger partial charge in [-0.1, -0.05) is 30.8 Å². The maximum absolute atomic E-state index is 12.4. The van der Waals surface area contributed by atoms with Crippen molar-refractivity contribution in [2.75, 3.05) is 26.2 Å². The number of amides is 2. The van der Waals surface area contributed by atoms with E-state index in [1.807, 2.05) is 4.90 Å². The lowest BCUT2D eigenvalue weighted by Gasteiger charge is -2.30. The fourth-order valence-corrected chi connectivity index (χ4v) is 4.09. The van der Waals surface area contributed by atoms with Crippen LogP contribution in [0.15, 0.2) is 4.52 Å². The molecule has 0 radical (unpaired) electrons. The van der Waals surface area contributed by atoms with Crippen molar-refractivity contribution in [3.05, 3.63) is 11.7 Å². The van der Waals surface area contributed by atoms with Gasteiger partial charge >= 0.3 is 0 Å². The van der Waals surface area contributed by atoms with E-state index in [1.54, 1.807) is 0 Å². The van der Waals surface area contributed by atoms with E-state index >= 15 is 0 Å². The van der Waals surface area contributed by atoms with Crippen LogP contribution < -0.4 is 10.6 Å². The van der Waals surface area contributed by atoms with Crippen molar-refractivity contribution in [2.45, 2.75) is 70.3 Å². The molecule has 2 amide bonds. The molecule has 2 fully saturated rings. The number of halogens is 1. The zero-order chi connectivity index (χ0) is 19.1. The van der Waals surface area contributed by atoms with E-state index in [0.29, 0.717) is 24.6 Å². The Morgan fingerprint density at radius 1 is 1.14 bits per heavy atom. The van der Waals surface area contributed by atoms with Crippen LogP contribution in [0.2, 0.25) is 0 Å². The average molecular weight is 414 g/mol. The van der Waals surface area contributed by atoms with E-state index in [9.17, 15) is 9.59 Å². The number of nitrogens with one attached hydrogen (secondary N) is 2. The summed E-state index contributed by atoms with van der Waals surface area (Å²) in [4.78, 5) is 30.7. The van der Waals surface area contributed by atoms with Gasteiger partial charge in [-0.2, -0.15) is 4.98 Å². The van der Waals surface area contributed by atoms with Crippen molar-refractivity contribution in [3.63, 3.8) is 0 Å². The number of hydrogen-bond acceptors (Lipinski definition) is 6. The molecule has 0 bridgehead atoms. The predicted octanol–water partition coefficient (Wildman–Crippen LogP) is 1.93. The van der Waals surface area contributed by atoms with Crippen molar-refractivity contribution < 1.29 is 14.1 Å². The molecule has 28 heavy (non-hydrogen) atoms. The van der Waals surface area contributed by atoms with Crippen LogP contribution >= 0.6 is 12.4 Å². The first kappa shape index (κ1) is 22.6. The minimum atomic E-state index is -0.537. The largest absolute Gasteiger partial charge is 0.343 e. The molecule has 0 spiro atoms. The number of carbonyl (C=O) groups is 2. The number of hydrogen-bond donors (Lipinski definition) is 2. The van der Waals surface area contributed by atoms with Crippen LogP contribution in [-0.4, -0.2) is 53.0 Å². The number of rotatable bonds is 5. The smallest absolute Gasteiger partial charge is 0.227 e. The van der Waals surface area contributed by atoms with Crippen LogP contribution in [0.25, 0.3) is 0 Å². The van der Waals surface area contributed by atoms with Gasteiger partial charge in [0.1, 0.15) is 5.54 Å². The summed E-state index contributed by atoms with van der Waals surface area (Å²) in [5.74, 6) is 1.08. The monoisotopic (exact) mass is 413 g/mol. The fourth-order valence-electron chi connectivity index (χ4n) is 4.09. The van der Waals surface area contributed by atoms with Gasteiger partial charge in [0.25, 0.3) is 0 Å². The van der Waals surface area contributed by atoms with Crippen molar-refractivity contribution in [1.82, 2.24) is 25.7 Å². The van der Waals surface area contributed by atoms with Gasteiger partial charge in [-0.3, -0.25) is 9.59 Å². The third-order valence-corrected chi connectivity index (χ3v) is 5.51. The Balaban J connectivity index is 0.00000280. The molecule has 1 aromatic rings. The summed E-state index contributed by atoms with van der Waals surface area (Å²) in [5.41, 5.74) is -0.537. The molecule has 0 aromatic carbocycles.